The molecule has 0 unspecified atom stereocenters. The number of ether oxygens (including phenoxy) is 1. The van der Waals surface area contributed by atoms with E-state index in [4.69, 9.17) is 4.74 Å². The van der Waals surface area contributed by atoms with Crippen molar-refractivity contribution in [1.29, 1.82) is 0 Å². The summed E-state index contributed by atoms with van der Waals surface area (Å²) < 4.78 is 32.5. The Labute approximate surface area is 173 Å². The van der Waals surface area contributed by atoms with E-state index in [0.29, 0.717) is 18.8 Å². The van der Waals surface area contributed by atoms with Gasteiger partial charge in [0, 0.05) is 44.1 Å². The third-order valence-corrected chi connectivity index (χ3v) is 6.76. The molecule has 0 aliphatic heterocycles. The van der Waals surface area contributed by atoms with Crippen LogP contribution in [-0.2, 0) is 10.0 Å². The summed E-state index contributed by atoms with van der Waals surface area (Å²) in [6.07, 6.45) is 0. The second-order valence-electron chi connectivity index (χ2n) is 6.80. The van der Waals surface area contributed by atoms with Crippen LogP contribution in [0.15, 0.2) is 41.3 Å². The molecule has 7 nitrogen and oxygen atoms in total. The third-order valence-electron chi connectivity index (χ3n) is 4.69. The second-order valence-corrected chi connectivity index (χ2v) is 8.71. The van der Waals surface area contributed by atoms with Crippen molar-refractivity contribution in [1.82, 2.24) is 4.31 Å². The van der Waals surface area contributed by atoms with E-state index < -0.39 is 10.0 Å². The fourth-order valence-electron chi connectivity index (χ4n) is 3.16. The number of methoxy groups -OCH3 is 1. The molecule has 0 bridgehead atoms. The molecule has 0 saturated carbocycles. The first-order valence-corrected chi connectivity index (χ1v) is 10.9. The Balaban J connectivity index is 2.38. The average molecular weight is 420 g/mol. The fourth-order valence-corrected chi connectivity index (χ4v) is 4.80. The van der Waals surface area contributed by atoms with Gasteiger partial charge in [-0.1, -0.05) is 13.8 Å². The van der Waals surface area contributed by atoms with Gasteiger partial charge in [-0.2, -0.15) is 4.31 Å². The summed E-state index contributed by atoms with van der Waals surface area (Å²) in [5.41, 5.74) is 2.96. The van der Waals surface area contributed by atoms with Crippen molar-refractivity contribution in [2.24, 2.45) is 0 Å². The number of carbonyl (C=O) groups is 1. The van der Waals surface area contributed by atoms with E-state index in [0.717, 1.165) is 11.3 Å². The molecule has 0 aliphatic rings. The standard InChI is InChI=1S/C21H29N3O4S/c1-7-24(8-2)29(26,27)20-14-16(9-12-19(20)28-6)21(25)22-17-10-11-18(23(4)5)15(3)13-17/h9-14H,7-8H2,1-6H3,(H,22,25). The largest absolute Gasteiger partial charge is 0.495 e. The number of amides is 1. The van der Waals surface area contributed by atoms with Crippen molar-refractivity contribution in [3.8, 4) is 5.75 Å². The number of carbonyl (C=O) groups excluding carboxylic acids is 1. The number of aryl methyl sites for hydroxylation is 1. The minimum atomic E-state index is -3.77. The van der Waals surface area contributed by atoms with Gasteiger partial charge in [-0.3, -0.25) is 4.79 Å². The van der Waals surface area contributed by atoms with E-state index in [1.165, 1.54) is 23.5 Å². The zero-order valence-electron chi connectivity index (χ0n) is 17.8. The normalized spacial score (nSPS) is 11.4. The van der Waals surface area contributed by atoms with Crippen molar-refractivity contribution < 1.29 is 17.9 Å². The average Bonchev–Trinajstić information content (AvgIpc) is 2.67. The van der Waals surface area contributed by atoms with Crippen molar-refractivity contribution in [3.63, 3.8) is 0 Å². The maximum absolute atomic E-state index is 13.0. The van der Waals surface area contributed by atoms with Gasteiger partial charge in [0.15, 0.2) is 0 Å². The monoisotopic (exact) mass is 419 g/mol. The van der Waals surface area contributed by atoms with Gasteiger partial charge in [-0.25, -0.2) is 8.42 Å². The zero-order chi connectivity index (χ0) is 21.8. The minimum absolute atomic E-state index is 0.0181. The quantitative estimate of drug-likeness (QED) is 0.710. The summed E-state index contributed by atoms with van der Waals surface area (Å²) in [6.45, 7) is 6.16. The highest BCUT2D eigenvalue weighted by Crippen LogP contribution is 2.28. The van der Waals surface area contributed by atoms with E-state index in [2.05, 4.69) is 5.32 Å². The Morgan fingerprint density at radius 2 is 1.72 bits per heavy atom. The maximum atomic E-state index is 13.0. The van der Waals surface area contributed by atoms with Crippen LogP contribution in [0.1, 0.15) is 29.8 Å². The number of sulfonamides is 1. The van der Waals surface area contributed by atoms with E-state index in [1.54, 1.807) is 19.9 Å². The van der Waals surface area contributed by atoms with Gasteiger partial charge in [0.25, 0.3) is 5.91 Å². The molecular weight excluding hydrogens is 390 g/mol. The molecule has 1 N–H and O–H groups in total. The smallest absolute Gasteiger partial charge is 0.255 e. The molecule has 158 valence electrons. The van der Waals surface area contributed by atoms with Crippen LogP contribution in [0.25, 0.3) is 0 Å². The fraction of sp³-hybridized carbons (Fsp3) is 0.381. The molecule has 0 aliphatic carbocycles. The number of benzene rings is 2. The molecule has 1 amide bonds. The van der Waals surface area contributed by atoms with Crippen molar-refractivity contribution in [3.05, 3.63) is 47.5 Å². The first-order chi connectivity index (χ1) is 13.6. The molecule has 0 radical (unpaired) electrons. The highest BCUT2D eigenvalue weighted by Gasteiger charge is 2.26. The van der Waals surface area contributed by atoms with Gasteiger partial charge in [-0.05, 0) is 48.9 Å². The van der Waals surface area contributed by atoms with E-state index in [-0.39, 0.29) is 22.1 Å². The SMILES string of the molecule is CCN(CC)S(=O)(=O)c1cc(C(=O)Nc2ccc(N(C)C)c(C)c2)ccc1OC. The Morgan fingerprint density at radius 3 is 2.24 bits per heavy atom. The van der Waals surface area contributed by atoms with E-state index in [9.17, 15) is 13.2 Å². The third kappa shape index (κ3) is 4.89. The van der Waals surface area contributed by atoms with Crippen LogP contribution in [0.3, 0.4) is 0 Å². The second kappa shape index (κ2) is 9.28. The summed E-state index contributed by atoms with van der Waals surface area (Å²) in [6, 6.07) is 10.0. The molecule has 2 aromatic carbocycles. The molecular formula is C21H29N3O4S. The number of rotatable bonds is 8. The van der Waals surface area contributed by atoms with Crippen LogP contribution in [0, 0.1) is 6.92 Å². The lowest BCUT2D eigenvalue weighted by Crippen LogP contribution is -2.31. The summed E-state index contributed by atoms with van der Waals surface area (Å²) >= 11 is 0. The van der Waals surface area contributed by atoms with Gasteiger partial charge >= 0.3 is 0 Å². The summed E-state index contributed by atoms with van der Waals surface area (Å²) in [4.78, 5) is 14.7. The Kier molecular flexibility index (Phi) is 7.26. The van der Waals surface area contributed by atoms with Gasteiger partial charge in [-0.15, -0.1) is 0 Å². The van der Waals surface area contributed by atoms with Crippen LogP contribution in [0.4, 0.5) is 11.4 Å². The Bertz CT molecular complexity index is 983. The van der Waals surface area contributed by atoms with Crippen LogP contribution < -0.4 is 15.0 Å². The highest BCUT2D eigenvalue weighted by molar-refractivity contribution is 7.89. The number of nitrogens with zero attached hydrogens (tertiary/aromatic N) is 2. The predicted molar refractivity (Wildman–Crippen MR) is 117 cm³/mol. The Hall–Kier alpha value is -2.58. The lowest BCUT2D eigenvalue weighted by atomic mass is 10.1. The molecule has 29 heavy (non-hydrogen) atoms. The van der Waals surface area contributed by atoms with Crippen LogP contribution >= 0.6 is 0 Å². The topological polar surface area (TPSA) is 79.0 Å². The van der Waals surface area contributed by atoms with Gasteiger partial charge in [0.2, 0.25) is 10.0 Å². The molecule has 0 aromatic heterocycles. The molecule has 0 fully saturated rings. The van der Waals surface area contributed by atoms with Crippen LogP contribution in [0.2, 0.25) is 0 Å². The summed E-state index contributed by atoms with van der Waals surface area (Å²) in [5.74, 6) is -0.180. The number of nitrogens with one attached hydrogen (secondary N) is 1. The summed E-state index contributed by atoms with van der Waals surface area (Å²) in [5, 5.41) is 2.83. The van der Waals surface area contributed by atoms with Gasteiger partial charge in [0.1, 0.15) is 10.6 Å². The van der Waals surface area contributed by atoms with E-state index in [1.807, 2.05) is 44.1 Å². The van der Waals surface area contributed by atoms with Crippen molar-refractivity contribution >= 4 is 27.3 Å². The first-order valence-electron chi connectivity index (χ1n) is 9.43. The van der Waals surface area contributed by atoms with Gasteiger partial charge < -0.3 is 15.0 Å². The highest BCUT2D eigenvalue weighted by atomic mass is 32.2. The number of hydrogen-bond donors (Lipinski definition) is 1. The lowest BCUT2D eigenvalue weighted by molar-refractivity contribution is 0.102. The summed E-state index contributed by atoms with van der Waals surface area (Å²) in [7, 11) is 1.54. The van der Waals surface area contributed by atoms with E-state index >= 15 is 0 Å². The molecule has 0 heterocycles. The molecule has 0 spiro atoms. The van der Waals surface area contributed by atoms with Crippen LogP contribution in [-0.4, -0.2) is 52.9 Å². The van der Waals surface area contributed by atoms with Crippen LogP contribution in [0.5, 0.6) is 5.75 Å². The first kappa shape index (κ1) is 22.7. The molecule has 2 rings (SSSR count). The maximum Gasteiger partial charge on any atom is 0.255 e. The van der Waals surface area contributed by atoms with Gasteiger partial charge in [0.05, 0.1) is 7.11 Å². The number of anilines is 2. The van der Waals surface area contributed by atoms with Crippen molar-refractivity contribution in [2.75, 3.05) is 44.5 Å². The zero-order valence-corrected chi connectivity index (χ0v) is 18.6. The molecule has 0 atom stereocenters. The minimum Gasteiger partial charge on any atom is -0.495 e. The molecule has 2 aromatic rings. The predicted octanol–water partition coefficient (Wildman–Crippen LogP) is 3.35. The Morgan fingerprint density at radius 1 is 1.07 bits per heavy atom. The lowest BCUT2D eigenvalue weighted by Gasteiger charge is -2.20. The van der Waals surface area contributed by atoms with Crippen molar-refractivity contribution in [2.45, 2.75) is 25.7 Å². The molecule has 8 heteroatoms. The molecule has 0 saturated heterocycles. The number of hydrogen-bond acceptors (Lipinski definition) is 5.